The lowest BCUT2D eigenvalue weighted by molar-refractivity contribution is -0.246. The third-order valence-electron chi connectivity index (χ3n) is 5.75. The number of benzene rings is 2. The Balaban J connectivity index is 1.89. The highest BCUT2D eigenvalue weighted by Crippen LogP contribution is 2.58. The van der Waals surface area contributed by atoms with Crippen molar-refractivity contribution in [1.82, 2.24) is 14.7 Å². The van der Waals surface area contributed by atoms with Crippen LogP contribution in [-0.4, -0.2) is 52.1 Å². The molecule has 0 saturated heterocycles. The number of halogens is 3. The summed E-state index contributed by atoms with van der Waals surface area (Å²) in [4.78, 5) is 12.8. The number of hydrogen-bond acceptors (Lipinski definition) is 4. The quantitative estimate of drug-likeness (QED) is 0.650. The average molecular weight is 445 g/mol. The van der Waals surface area contributed by atoms with Gasteiger partial charge in [-0.15, -0.1) is 0 Å². The van der Waals surface area contributed by atoms with E-state index in [4.69, 9.17) is 4.74 Å². The number of carbonyl (C=O) groups is 1. The van der Waals surface area contributed by atoms with Crippen LogP contribution in [0.3, 0.4) is 0 Å². The molecule has 1 aliphatic rings. The molecule has 1 atom stereocenters. The lowest BCUT2D eigenvalue weighted by Crippen LogP contribution is -2.41. The molecule has 4 rings (SSSR count). The lowest BCUT2D eigenvalue weighted by atomic mass is 9.89. The molecule has 0 saturated carbocycles. The van der Waals surface area contributed by atoms with Crippen LogP contribution in [0.5, 0.6) is 5.75 Å². The number of aromatic nitrogens is 2. The Morgan fingerprint density at radius 1 is 1.22 bits per heavy atom. The summed E-state index contributed by atoms with van der Waals surface area (Å²) in [6, 6.07) is 8.84. The molecular weight excluding hydrogens is 423 g/mol. The van der Waals surface area contributed by atoms with Crippen molar-refractivity contribution in [3.05, 3.63) is 59.9 Å². The van der Waals surface area contributed by atoms with Crippen LogP contribution in [0.1, 0.15) is 18.1 Å². The number of fused-ring (bicyclic) bond motifs is 3. The molecule has 0 radical (unpaired) electrons. The molecule has 0 bridgehead atoms. The van der Waals surface area contributed by atoms with Gasteiger partial charge < -0.3 is 14.7 Å². The van der Waals surface area contributed by atoms with Crippen molar-refractivity contribution in [2.45, 2.75) is 18.7 Å². The Morgan fingerprint density at radius 2 is 1.94 bits per heavy atom. The first-order valence-electron chi connectivity index (χ1n) is 9.95. The zero-order chi connectivity index (χ0) is 23.3. The van der Waals surface area contributed by atoms with Crippen molar-refractivity contribution in [3.63, 3.8) is 0 Å². The molecule has 1 heterocycles. The van der Waals surface area contributed by atoms with E-state index in [0.717, 1.165) is 0 Å². The molecule has 1 amide bonds. The maximum atomic E-state index is 14.3. The normalized spacial score (nSPS) is 17.1. The minimum Gasteiger partial charge on any atom is -0.492 e. The smallest absolute Gasteiger partial charge is 0.425 e. The zero-order valence-electron chi connectivity index (χ0n) is 17.8. The van der Waals surface area contributed by atoms with E-state index in [1.54, 1.807) is 49.4 Å². The summed E-state index contributed by atoms with van der Waals surface area (Å²) >= 11 is 0. The standard InChI is InChI=1S/C23H22F3N3O3/c1-14(30)28(2)8-9-32-16-10-18(15-12-27-29(3)13-15)21-17-6-4-5-7-19(17)22(31,20(21)11-16)23(24,25)26/h4-7,10-13,31H,8-9H2,1-3H3. The number of carbonyl (C=O) groups excluding carboxylic acids is 1. The summed E-state index contributed by atoms with van der Waals surface area (Å²) in [5.74, 6) is 0.00975. The number of likely N-dealkylation sites (N-methyl/N-ethyl adjacent to an activating group) is 1. The largest absolute Gasteiger partial charge is 0.492 e. The molecule has 9 heteroatoms. The van der Waals surface area contributed by atoms with E-state index in [2.05, 4.69) is 5.10 Å². The van der Waals surface area contributed by atoms with Gasteiger partial charge >= 0.3 is 6.18 Å². The number of nitrogens with zero attached hydrogens (tertiary/aromatic N) is 3. The first kappa shape index (κ1) is 21.9. The van der Waals surface area contributed by atoms with Crippen molar-refractivity contribution in [2.24, 2.45) is 7.05 Å². The second-order valence-electron chi connectivity index (χ2n) is 7.84. The summed E-state index contributed by atoms with van der Waals surface area (Å²) < 4.78 is 50.1. The molecule has 1 unspecified atom stereocenters. The van der Waals surface area contributed by atoms with E-state index in [0.29, 0.717) is 22.3 Å². The molecule has 1 aliphatic carbocycles. The van der Waals surface area contributed by atoms with Crippen LogP contribution in [0.15, 0.2) is 48.8 Å². The molecule has 6 nitrogen and oxygen atoms in total. The van der Waals surface area contributed by atoms with E-state index >= 15 is 0 Å². The van der Waals surface area contributed by atoms with Gasteiger partial charge in [0.2, 0.25) is 11.5 Å². The SMILES string of the molecule is CC(=O)N(C)CCOc1cc(-c2cnn(C)c2)c2c(c1)C(O)(C(F)(F)F)c1ccccc1-2. The second-order valence-corrected chi connectivity index (χ2v) is 7.84. The first-order valence-corrected chi connectivity index (χ1v) is 9.95. The topological polar surface area (TPSA) is 67.6 Å². The molecule has 2 aromatic carbocycles. The molecule has 3 aromatic rings. The van der Waals surface area contributed by atoms with Gasteiger partial charge in [0.25, 0.3) is 0 Å². The van der Waals surface area contributed by atoms with Crippen LogP contribution in [-0.2, 0) is 17.4 Å². The minimum atomic E-state index is -4.95. The first-order chi connectivity index (χ1) is 15.0. The Kier molecular flexibility index (Phi) is 5.24. The predicted molar refractivity (Wildman–Crippen MR) is 112 cm³/mol. The number of alkyl halides is 3. The highest BCUT2D eigenvalue weighted by atomic mass is 19.4. The number of amides is 1. The maximum Gasteiger partial charge on any atom is 0.425 e. The van der Waals surface area contributed by atoms with Gasteiger partial charge in [-0.25, -0.2) is 0 Å². The highest BCUT2D eigenvalue weighted by Gasteiger charge is 2.61. The van der Waals surface area contributed by atoms with Crippen LogP contribution in [0.25, 0.3) is 22.3 Å². The molecule has 0 fully saturated rings. The van der Waals surface area contributed by atoms with Crippen LogP contribution < -0.4 is 4.74 Å². The second kappa shape index (κ2) is 7.67. The van der Waals surface area contributed by atoms with E-state index in [1.807, 2.05) is 0 Å². The van der Waals surface area contributed by atoms with Crippen molar-refractivity contribution < 1.29 is 27.8 Å². The van der Waals surface area contributed by atoms with Crippen molar-refractivity contribution in [1.29, 1.82) is 0 Å². The van der Waals surface area contributed by atoms with Gasteiger partial charge in [0, 0.05) is 43.9 Å². The lowest BCUT2D eigenvalue weighted by Gasteiger charge is -2.29. The number of aryl methyl sites for hydroxylation is 1. The van der Waals surface area contributed by atoms with Gasteiger partial charge in [0.05, 0.1) is 12.7 Å². The molecule has 0 aliphatic heterocycles. The third-order valence-corrected chi connectivity index (χ3v) is 5.75. The fourth-order valence-electron chi connectivity index (χ4n) is 3.99. The molecular formula is C23H22F3N3O3. The van der Waals surface area contributed by atoms with Gasteiger partial charge in [-0.05, 0) is 28.8 Å². The Morgan fingerprint density at radius 3 is 2.56 bits per heavy atom. The highest BCUT2D eigenvalue weighted by molar-refractivity contribution is 5.93. The monoisotopic (exact) mass is 445 g/mol. The van der Waals surface area contributed by atoms with Gasteiger partial charge in [0.15, 0.2) is 0 Å². The summed E-state index contributed by atoms with van der Waals surface area (Å²) in [6.07, 6.45) is -1.71. The minimum absolute atomic E-state index is 0.0821. The summed E-state index contributed by atoms with van der Waals surface area (Å²) in [7, 11) is 3.32. The van der Waals surface area contributed by atoms with Gasteiger partial charge in [0.1, 0.15) is 12.4 Å². The Bertz CT molecular complexity index is 1190. The maximum absolute atomic E-state index is 14.3. The van der Waals surface area contributed by atoms with Gasteiger partial charge in [-0.3, -0.25) is 9.48 Å². The molecule has 1 aromatic heterocycles. The fourth-order valence-corrected chi connectivity index (χ4v) is 3.99. The zero-order valence-corrected chi connectivity index (χ0v) is 17.8. The van der Waals surface area contributed by atoms with Crippen molar-refractivity contribution >= 4 is 5.91 Å². The average Bonchev–Trinajstić information content (AvgIpc) is 3.28. The summed E-state index contributed by atoms with van der Waals surface area (Å²) in [6.45, 7) is 1.76. The molecule has 1 N–H and O–H groups in total. The van der Waals surface area contributed by atoms with E-state index < -0.39 is 11.8 Å². The molecule has 32 heavy (non-hydrogen) atoms. The Hall–Kier alpha value is -3.33. The molecule has 0 spiro atoms. The number of rotatable bonds is 5. The number of ether oxygens (including phenoxy) is 1. The van der Waals surface area contributed by atoms with Crippen LogP contribution in [0.2, 0.25) is 0 Å². The Labute approximate surface area is 182 Å². The van der Waals surface area contributed by atoms with E-state index in [-0.39, 0.29) is 35.9 Å². The van der Waals surface area contributed by atoms with Crippen molar-refractivity contribution in [3.8, 4) is 28.0 Å². The van der Waals surface area contributed by atoms with Crippen molar-refractivity contribution in [2.75, 3.05) is 20.2 Å². The van der Waals surface area contributed by atoms with E-state index in [9.17, 15) is 23.1 Å². The third kappa shape index (κ3) is 3.42. The summed E-state index contributed by atoms with van der Waals surface area (Å²) in [5.41, 5.74) is -2.02. The molecule has 168 valence electrons. The van der Waals surface area contributed by atoms with Crippen LogP contribution in [0.4, 0.5) is 13.2 Å². The van der Waals surface area contributed by atoms with Crippen LogP contribution in [0, 0.1) is 0 Å². The van der Waals surface area contributed by atoms with E-state index in [1.165, 1.54) is 30.0 Å². The van der Waals surface area contributed by atoms with Gasteiger partial charge in [-0.1, -0.05) is 24.3 Å². The fraction of sp³-hybridized carbons (Fsp3) is 0.304. The van der Waals surface area contributed by atoms with Gasteiger partial charge in [-0.2, -0.15) is 18.3 Å². The number of aliphatic hydroxyl groups is 1. The predicted octanol–water partition coefficient (Wildman–Crippen LogP) is 3.72. The summed E-state index contributed by atoms with van der Waals surface area (Å²) in [5, 5.41) is 15.2. The number of hydrogen-bond donors (Lipinski definition) is 1. The van der Waals surface area contributed by atoms with Crippen LogP contribution >= 0.6 is 0 Å².